The van der Waals surface area contributed by atoms with E-state index in [-0.39, 0.29) is 30.2 Å². The summed E-state index contributed by atoms with van der Waals surface area (Å²) in [6.07, 6.45) is 0.626. The molecule has 0 saturated carbocycles. The topological polar surface area (TPSA) is 144 Å². The quantitative estimate of drug-likeness (QED) is 0.296. The second-order valence-corrected chi connectivity index (χ2v) is 3.99. The molecule has 1 aromatic heterocycles. The van der Waals surface area contributed by atoms with E-state index < -0.39 is 11.9 Å². The Kier molecular flexibility index (Phi) is 4.25. The van der Waals surface area contributed by atoms with Crippen LogP contribution in [0.4, 0.5) is 11.9 Å². The van der Waals surface area contributed by atoms with Crippen molar-refractivity contribution in [2.75, 3.05) is 17.3 Å². The predicted molar refractivity (Wildman–Crippen MR) is 68.6 cm³/mol. The lowest BCUT2D eigenvalue weighted by Crippen LogP contribution is -2.47. The van der Waals surface area contributed by atoms with Gasteiger partial charge in [-0.15, -0.1) is 0 Å². The first-order chi connectivity index (χ1) is 9.62. The molecular weight excluding hydrogens is 266 g/mol. The van der Waals surface area contributed by atoms with Crippen LogP contribution in [0, 0.1) is 0 Å². The molecule has 0 aliphatic carbocycles. The maximum atomic E-state index is 11.6. The predicted octanol–water partition coefficient (Wildman–Crippen LogP) is -1.23. The number of ether oxygens (including phenoxy) is 1. The highest BCUT2D eigenvalue weighted by atomic mass is 16.5. The lowest BCUT2D eigenvalue weighted by atomic mass is 10.1. The number of amides is 2. The van der Waals surface area contributed by atoms with E-state index in [4.69, 9.17) is 10.6 Å². The number of hydrogen-bond donors (Lipinski definition) is 4. The van der Waals surface area contributed by atoms with Crippen molar-refractivity contribution >= 4 is 23.7 Å². The molecule has 1 aliphatic rings. The third kappa shape index (κ3) is 3.29. The minimum atomic E-state index is -0.588. The maximum Gasteiger partial charge on any atom is 0.323 e. The van der Waals surface area contributed by atoms with Crippen molar-refractivity contribution < 1.29 is 14.3 Å². The molecule has 1 fully saturated rings. The van der Waals surface area contributed by atoms with Crippen molar-refractivity contribution in [3.05, 3.63) is 0 Å². The van der Waals surface area contributed by atoms with Gasteiger partial charge in [0, 0.05) is 6.42 Å². The van der Waals surface area contributed by atoms with Gasteiger partial charge in [-0.2, -0.15) is 15.0 Å². The number of nitrogens with zero attached hydrogens (tertiary/aromatic N) is 3. The third-order valence-corrected chi connectivity index (χ3v) is 2.56. The first kappa shape index (κ1) is 13.9. The van der Waals surface area contributed by atoms with Crippen LogP contribution in [0.2, 0.25) is 0 Å². The summed E-state index contributed by atoms with van der Waals surface area (Å²) in [7, 11) is 0. The highest BCUT2D eigenvalue weighted by molar-refractivity contribution is 6.01. The van der Waals surface area contributed by atoms with Crippen LogP contribution in [0.25, 0.3) is 0 Å². The molecule has 108 valence electrons. The zero-order valence-electron chi connectivity index (χ0n) is 10.8. The number of piperidine rings is 1. The van der Waals surface area contributed by atoms with Crippen molar-refractivity contribution in [2.45, 2.75) is 25.8 Å². The SMILES string of the molecule is CCOc1nc(NN)nc(NC2CCC(=O)NC2=O)n1. The molecule has 1 atom stereocenters. The molecule has 0 spiro atoms. The number of rotatable bonds is 5. The summed E-state index contributed by atoms with van der Waals surface area (Å²) < 4.78 is 5.17. The van der Waals surface area contributed by atoms with Gasteiger partial charge in [0.25, 0.3) is 0 Å². The highest BCUT2D eigenvalue weighted by Crippen LogP contribution is 2.14. The summed E-state index contributed by atoms with van der Waals surface area (Å²) in [4.78, 5) is 34.6. The zero-order chi connectivity index (χ0) is 14.5. The largest absolute Gasteiger partial charge is 0.464 e. The molecule has 1 unspecified atom stereocenters. The highest BCUT2D eigenvalue weighted by Gasteiger charge is 2.27. The van der Waals surface area contributed by atoms with Crippen LogP contribution in [0.5, 0.6) is 6.01 Å². The molecule has 0 radical (unpaired) electrons. The fourth-order valence-electron chi connectivity index (χ4n) is 1.67. The van der Waals surface area contributed by atoms with Crippen molar-refractivity contribution in [1.82, 2.24) is 20.3 Å². The minimum Gasteiger partial charge on any atom is -0.464 e. The molecule has 1 saturated heterocycles. The molecule has 1 aromatic rings. The number of carbonyl (C=O) groups excluding carboxylic acids is 2. The van der Waals surface area contributed by atoms with E-state index in [1.165, 1.54) is 0 Å². The molecule has 20 heavy (non-hydrogen) atoms. The lowest BCUT2D eigenvalue weighted by Gasteiger charge is -2.21. The molecule has 0 bridgehead atoms. The van der Waals surface area contributed by atoms with Gasteiger partial charge >= 0.3 is 6.01 Å². The summed E-state index contributed by atoms with van der Waals surface area (Å²) >= 11 is 0. The second kappa shape index (κ2) is 6.10. The number of nitrogens with two attached hydrogens (primary N) is 1. The zero-order valence-corrected chi connectivity index (χ0v) is 10.8. The van der Waals surface area contributed by atoms with Crippen molar-refractivity contribution in [2.24, 2.45) is 5.84 Å². The number of nitrogen functional groups attached to an aromatic ring is 1. The Morgan fingerprint density at radius 1 is 1.35 bits per heavy atom. The van der Waals surface area contributed by atoms with Crippen LogP contribution in [-0.4, -0.2) is 39.4 Å². The molecule has 5 N–H and O–H groups in total. The summed E-state index contributed by atoms with van der Waals surface area (Å²) in [6, 6.07) is -0.500. The van der Waals surface area contributed by atoms with E-state index >= 15 is 0 Å². The summed E-state index contributed by atoms with van der Waals surface area (Å²) in [6.45, 7) is 2.17. The Morgan fingerprint density at radius 2 is 2.10 bits per heavy atom. The van der Waals surface area contributed by atoms with Gasteiger partial charge in [0.15, 0.2) is 0 Å². The second-order valence-electron chi connectivity index (χ2n) is 3.99. The molecule has 10 heteroatoms. The van der Waals surface area contributed by atoms with Gasteiger partial charge in [-0.25, -0.2) is 5.84 Å². The van der Waals surface area contributed by atoms with E-state index in [0.29, 0.717) is 13.0 Å². The fourth-order valence-corrected chi connectivity index (χ4v) is 1.67. The number of aromatic nitrogens is 3. The molecular formula is C10H15N7O3. The van der Waals surface area contributed by atoms with Crippen LogP contribution in [0.15, 0.2) is 0 Å². The van der Waals surface area contributed by atoms with E-state index in [0.717, 1.165) is 0 Å². The van der Waals surface area contributed by atoms with Crippen LogP contribution in [0.1, 0.15) is 19.8 Å². The van der Waals surface area contributed by atoms with Crippen molar-refractivity contribution in [1.29, 1.82) is 0 Å². The average Bonchev–Trinajstić information content (AvgIpc) is 2.42. The number of hydrazine groups is 1. The number of imide groups is 1. The normalized spacial score (nSPS) is 18.4. The summed E-state index contributed by atoms with van der Waals surface area (Å²) in [5, 5.41) is 5.06. The van der Waals surface area contributed by atoms with E-state index in [2.05, 4.69) is 31.0 Å². The number of hydrogen-bond acceptors (Lipinski definition) is 9. The van der Waals surface area contributed by atoms with Crippen molar-refractivity contribution in [3.63, 3.8) is 0 Å². The molecule has 1 aliphatic heterocycles. The molecule has 10 nitrogen and oxygen atoms in total. The van der Waals surface area contributed by atoms with E-state index in [1.807, 2.05) is 0 Å². The van der Waals surface area contributed by atoms with Gasteiger partial charge in [-0.05, 0) is 13.3 Å². The number of carbonyl (C=O) groups is 2. The smallest absolute Gasteiger partial charge is 0.323 e. The van der Waals surface area contributed by atoms with Gasteiger partial charge in [-0.3, -0.25) is 20.3 Å². The van der Waals surface area contributed by atoms with Gasteiger partial charge in [0.1, 0.15) is 6.04 Å². The number of nitrogens with one attached hydrogen (secondary N) is 3. The molecule has 2 heterocycles. The standard InChI is InChI=1S/C10H15N7O3/c1-2-20-10-15-8(14-9(16-10)17-11)12-5-3-4-6(18)13-7(5)19/h5H,2-4,11H2,1H3,(H,13,18,19)(H2,12,14,15,16,17). The lowest BCUT2D eigenvalue weighted by molar-refractivity contribution is -0.133. The molecule has 0 aromatic carbocycles. The summed E-state index contributed by atoms with van der Waals surface area (Å²) in [5.74, 6) is 4.80. The van der Waals surface area contributed by atoms with E-state index in [1.54, 1.807) is 6.92 Å². The average molecular weight is 281 g/mol. The third-order valence-electron chi connectivity index (χ3n) is 2.56. The Labute approximate surface area is 114 Å². The Balaban J connectivity index is 2.13. The van der Waals surface area contributed by atoms with Crippen LogP contribution in [0.3, 0.4) is 0 Å². The Hall–Kier alpha value is -2.49. The van der Waals surface area contributed by atoms with Gasteiger partial charge in [0.2, 0.25) is 23.7 Å². The summed E-state index contributed by atoms with van der Waals surface area (Å²) in [5.41, 5.74) is 2.28. The Morgan fingerprint density at radius 3 is 2.75 bits per heavy atom. The van der Waals surface area contributed by atoms with Crippen molar-refractivity contribution in [3.8, 4) is 6.01 Å². The first-order valence-corrected chi connectivity index (χ1v) is 6.08. The van der Waals surface area contributed by atoms with Gasteiger partial charge in [0.05, 0.1) is 6.61 Å². The first-order valence-electron chi connectivity index (χ1n) is 6.08. The van der Waals surface area contributed by atoms with Crippen LogP contribution < -0.4 is 26.6 Å². The minimum absolute atomic E-state index is 0.0882. The monoisotopic (exact) mass is 281 g/mol. The van der Waals surface area contributed by atoms with E-state index in [9.17, 15) is 9.59 Å². The van der Waals surface area contributed by atoms with Crippen LogP contribution in [-0.2, 0) is 9.59 Å². The molecule has 2 amide bonds. The maximum absolute atomic E-state index is 11.6. The van der Waals surface area contributed by atoms with Gasteiger partial charge < -0.3 is 10.1 Å². The molecule has 2 rings (SSSR count). The number of anilines is 2. The Bertz CT molecular complexity index is 522. The fraction of sp³-hybridized carbons (Fsp3) is 0.500. The van der Waals surface area contributed by atoms with Gasteiger partial charge in [-0.1, -0.05) is 0 Å². The van der Waals surface area contributed by atoms with Crippen LogP contribution >= 0.6 is 0 Å².